The Hall–Kier alpha value is -3.25. The SMILES string of the molecule is CCCSc1nc2n(n1)C(c1ccc(OCC(=O)N3CCOCC3)c(OC)c1)C(C(=O)OC(C)C)=C(C)N2. The van der Waals surface area contributed by atoms with Gasteiger partial charge in [0.2, 0.25) is 11.1 Å². The zero-order valence-electron chi connectivity index (χ0n) is 22.5. The average molecular weight is 546 g/mol. The normalized spacial score (nSPS) is 17.2. The Balaban J connectivity index is 1.65. The smallest absolute Gasteiger partial charge is 0.338 e. The van der Waals surface area contributed by atoms with Gasteiger partial charge in [0.1, 0.15) is 6.04 Å². The Morgan fingerprint density at radius 2 is 2.00 bits per heavy atom. The van der Waals surface area contributed by atoms with Crippen LogP contribution in [-0.4, -0.2) is 83.4 Å². The van der Waals surface area contributed by atoms with Crippen molar-refractivity contribution in [3.8, 4) is 11.5 Å². The van der Waals surface area contributed by atoms with Gasteiger partial charge >= 0.3 is 5.97 Å². The molecule has 1 atom stereocenters. The van der Waals surface area contributed by atoms with Crippen molar-refractivity contribution in [2.45, 2.75) is 51.4 Å². The summed E-state index contributed by atoms with van der Waals surface area (Å²) in [7, 11) is 1.54. The molecule has 4 rings (SSSR count). The number of carbonyl (C=O) groups excluding carboxylic acids is 2. The molecule has 2 aliphatic rings. The number of rotatable bonds is 10. The van der Waals surface area contributed by atoms with Crippen molar-refractivity contribution in [1.29, 1.82) is 0 Å². The minimum Gasteiger partial charge on any atom is -0.493 e. The Morgan fingerprint density at radius 3 is 2.68 bits per heavy atom. The van der Waals surface area contributed by atoms with Gasteiger partial charge in [0.25, 0.3) is 5.91 Å². The molecule has 1 aromatic heterocycles. The zero-order valence-corrected chi connectivity index (χ0v) is 23.3. The quantitative estimate of drug-likeness (QED) is 0.352. The molecule has 0 saturated carbocycles. The number of ether oxygens (including phenoxy) is 4. The lowest BCUT2D eigenvalue weighted by Crippen LogP contribution is -2.43. The minimum absolute atomic E-state index is 0.112. The van der Waals surface area contributed by atoms with E-state index in [1.165, 1.54) is 7.11 Å². The molecule has 0 radical (unpaired) electrons. The van der Waals surface area contributed by atoms with E-state index < -0.39 is 12.0 Å². The van der Waals surface area contributed by atoms with E-state index in [0.717, 1.165) is 17.7 Å². The van der Waals surface area contributed by atoms with E-state index in [2.05, 4.69) is 17.2 Å². The van der Waals surface area contributed by atoms with Crippen molar-refractivity contribution >= 4 is 29.6 Å². The molecule has 1 saturated heterocycles. The number of hydrogen-bond donors (Lipinski definition) is 1. The van der Waals surface area contributed by atoms with Crippen molar-refractivity contribution in [2.24, 2.45) is 0 Å². The van der Waals surface area contributed by atoms with Crippen LogP contribution in [0.4, 0.5) is 5.95 Å². The first kappa shape index (κ1) is 27.8. The third-order valence-corrected chi connectivity index (χ3v) is 7.09. The summed E-state index contributed by atoms with van der Waals surface area (Å²) < 4.78 is 24.1. The number of nitrogens with zero attached hydrogens (tertiary/aromatic N) is 4. The minimum atomic E-state index is -0.598. The van der Waals surface area contributed by atoms with Crippen molar-refractivity contribution in [3.05, 3.63) is 35.0 Å². The second kappa shape index (κ2) is 12.5. The molecule has 12 heteroatoms. The number of hydrogen-bond acceptors (Lipinski definition) is 10. The summed E-state index contributed by atoms with van der Waals surface area (Å²) in [5, 5.41) is 8.55. The molecule has 0 bridgehead atoms. The van der Waals surface area contributed by atoms with Crippen LogP contribution in [0.5, 0.6) is 11.5 Å². The van der Waals surface area contributed by atoms with Gasteiger partial charge in [-0.05, 0) is 44.9 Å². The maximum Gasteiger partial charge on any atom is 0.338 e. The van der Waals surface area contributed by atoms with Gasteiger partial charge in [-0.3, -0.25) is 4.79 Å². The average Bonchev–Trinajstić information content (AvgIpc) is 3.31. The molecule has 0 aliphatic carbocycles. The first-order valence-corrected chi connectivity index (χ1v) is 13.7. The van der Waals surface area contributed by atoms with Crippen LogP contribution in [0.15, 0.2) is 34.6 Å². The summed E-state index contributed by atoms with van der Waals surface area (Å²) in [4.78, 5) is 32.2. The van der Waals surface area contributed by atoms with Gasteiger partial charge in [-0.25, -0.2) is 9.48 Å². The van der Waals surface area contributed by atoms with E-state index >= 15 is 0 Å². The number of aromatic nitrogens is 3. The summed E-state index contributed by atoms with van der Waals surface area (Å²) in [6.07, 6.45) is 0.701. The molecule has 1 unspecified atom stereocenters. The number of nitrogens with one attached hydrogen (secondary N) is 1. The van der Waals surface area contributed by atoms with Crippen LogP contribution >= 0.6 is 11.8 Å². The molecular formula is C26H35N5O6S. The molecule has 11 nitrogen and oxygen atoms in total. The standard InChI is InChI=1S/C26H35N5O6S/c1-6-13-38-26-28-25-27-17(4)22(24(33)37-16(2)3)23(31(25)29-26)18-7-8-19(20(14-18)34-5)36-15-21(32)30-9-11-35-12-10-30/h7-8,14,16,23H,6,9-13,15H2,1-5H3,(H,27,28,29). The van der Waals surface area contributed by atoms with E-state index in [1.807, 2.05) is 26.8 Å². The number of thioether (sulfide) groups is 1. The fourth-order valence-corrected chi connectivity index (χ4v) is 4.94. The highest BCUT2D eigenvalue weighted by Gasteiger charge is 2.36. The van der Waals surface area contributed by atoms with Gasteiger partial charge in [-0.1, -0.05) is 24.8 Å². The third-order valence-electron chi connectivity index (χ3n) is 6.05. The highest BCUT2D eigenvalue weighted by Crippen LogP contribution is 2.40. The Bertz CT molecular complexity index is 1190. The van der Waals surface area contributed by atoms with Gasteiger partial charge in [0.05, 0.1) is 32.0 Å². The van der Waals surface area contributed by atoms with Gasteiger partial charge in [-0.15, -0.1) is 5.10 Å². The molecule has 1 fully saturated rings. The molecule has 1 aromatic carbocycles. The van der Waals surface area contributed by atoms with Crippen LogP contribution < -0.4 is 14.8 Å². The van der Waals surface area contributed by atoms with E-state index in [1.54, 1.807) is 33.5 Å². The van der Waals surface area contributed by atoms with Gasteiger partial charge < -0.3 is 29.2 Å². The molecule has 2 aromatic rings. The molecule has 38 heavy (non-hydrogen) atoms. The number of benzene rings is 1. The summed E-state index contributed by atoms with van der Waals surface area (Å²) in [6, 6.07) is 4.78. The number of allylic oxidation sites excluding steroid dienone is 1. The number of amides is 1. The second-order valence-corrected chi connectivity index (χ2v) is 10.3. The molecule has 206 valence electrons. The van der Waals surface area contributed by atoms with Gasteiger partial charge in [0.15, 0.2) is 18.1 Å². The lowest BCUT2D eigenvalue weighted by Gasteiger charge is -2.29. The van der Waals surface area contributed by atoms with Crippen molar-refractivity contribution in [1.82, 2.24) is 19.7 Å². The topological polar surface area (TPSA) is 117 Å². The Labute approximate surface area is 226 Å². The van der Waals surface area contributed by atoms with Crippen LogP contribution in [0.3, 0.4) is 0 Å². The third kappa shape index (κ3) is 6.24. The summed E-state index contributed by atoms with van der Waals surface area (Å²) in [5.74, 6) is 1.74. The fourth-order valence-electron chi connectivity index (χ4n) is 4.25. The van der Waals surface area contributed by atoms with Crippen LogP contribution in [0, 0.1) is 0 Å². The first-order chi connectivity index (χ1) is 18.3. The predicted molar refractivity (Wildman–Crippen MR) is 143 cm³/mol. The predicted octanol–water partition coefficient (Wildman–Crippen LogP) is 3.27. The Kier molecular flexibility index (Phi) is 9.16. The van der Waals surface area contributed by atoms with Crippen molar-refractivity contribution in [2.75, 3.05) is 51.1 Å². The molecule has 1 amide bonds. The van der Waals surface area contributed by atoms with Crippen LogP contribution in [0.25, 0.3) is 0 Å². The molecule has 3 heterocycles. The summed E-state index contributed by atoms with van der Waals surface area (Å²) in [6.45, 7) is 9.59. The molecule has 1 N–H and O–H groups in total. The van der Waals surface area contributed by atoms with E-state index in [9.17, 15) is 9.59 Å². The highest BCUT2D eigenvalue weighted by molar-refractivity contribution is 7.99. The van der Waals surface area contributed by atoms with Crippen molar-refractivity contribution < 1.29 is 28.5 Å². The summed E-state index contributed by atoms with van der Waals surface area (Å²) in [5.41, 5.74) is 1.81. The number of morpholine rings is 1. The molecule has 0 spiro atoms. The lowest BCUT2D eigenvalue weighted by molar-refractivity contribution is -0.143. The van der Waals surface area contributed by atoms with E-state index in [-0.39, 0.29) is 18.6 Å². The zero-order chi connectivity index (χ0) is 27.2. The highest BCUT2D eigenvalue weighted by atomic mass is 32.2. The first-order valence-electron chi connectivity index (χ1n) is 12.8. The number of esters is 1. The maximum absolute atomic E-state index is 13.2. The van der Waals surface area contributed by atoms with Crippen LogP contribution in [0.1, 0.15) is 45.7 Å². The molecule has 2 aliphatic heterocycles. The number of anilines is 1. The Morgan fingerprint density at radius 1 is 1.24 bits per heavy atom. The maximum atomic E-state index is 13.2. The van der Waals surface area contributed by atoms with E-state index in [0.29, 0.717) is 60.2 Å². The van der Waals surface area contributed by atoms with Gasteiger partial charge in [0, 0.05) is 24.5 Å². The fraction of sp³-hybridized carbons (Fsp3) is 0.538. The van der Waals surface area contributed by atoms with Crippen molar-refractivity contribution in [3.63, 3.8) is 0 Å². The largest absolute Gasteiger partial charge is 0.493 e. The number of carbonyl (C=O) groups is 2. The molecular weight excluding hydrogens is 510 g/mol. The number of methoxy groups -OCH3 is 1. The monoisotopic (exact) mass is 545 g/mol. The van der Waals surface area contributed by atoms with E-state index in [4.69, 9.17) is 24.0 Å². The second-order valence-electron chi connectivity index (χ2n) is 9.22. The van der Waals surface area contributed by atoms with Crippen LogP contribution in [-0.2, 0) is 19.1 Å². The van der Waals surface area contributed by atoms with Gasteiger partial charge in [-0.2, -0.15) is 4.98 Å². The number of fused-ring (bicyclic) bond motifs is 1. The summed E-state index contributed by atoms with van der Waals surface area (Å²) >= 11 is 1.56. The lowest BCUT2D eigenvalue weighted by atomic mass is 9.95. The van der Waals surface area contributed by atoms with Crippen LogP contribution in [0.2, 0.25) is 0 Å².